The highest BCUT2D eigenvalue weighted by atomic mass is 19.2. The Morgan fingerprint density at radius 3 is 2.30 bits per heavy atom. The van der Waals surface area contributed by atoms with Crippen LogP contribution in [0.3, 0.4) is 0 Å². The first-order valence-corrected chi connectivity index (χ1v) is 13.4. The normalized spacial score (nSPS) is 18.1. The van der Waals surface area contributed by atoms with Crippen LogP contribution >= 0.6 is 0 Å². The number of imidazole rings is 1. The molecule has 0 saturated heterocycles. The number of carbonyl (C=O) groups excluding carboxylic acids is 1. The molecular weight excluding hydrogens is 476 g/mol. The molecule has 198 valence electrons. The number of hydrogen-bond donors (Lipinski definition) is 1. The van der Waals surface area contributed by atoms with E-state index in [-0.39, 0.29) is 17.9 Å². The number of rotatable bonds is 7. The van der Waals surface area contributed by atoms with Crippen molar-refractivity contribution in [1.82, 2.24) is 14.9 Å². The molecule has 2 aliphatic rings. The van der Waals surface area contributed by atoms with Crippen LogP contribution in [0.25, 0.3) is 22.4 Å². The number of hydrogen-bond acceptors (Lipinski definition) is 4. The van der Waals surface area contributed by atoms with Crippen molar-refractivity contribution >= 4 is 16.9 Å². The fraction of sp³-hybridized carbons (Fsp3) is 0.517. The van der Waals surface area contributed by atoms with Gasteiger partial charge in [0.05, 0.1) is 30.8 Å². The third-order valence-corrected chi connectivity index (χ3v) is 7.98. The lowest BCUT2D eigenvalue weighted by atomic mass is 9.82. The van der Waals surface area contributed by atoms with Gasteiger partial charge in [-0.3, -0.25) is 4.79 Å². The Hall–Kier alpha value is -3.16. The van der Waals surface area contributed by atoms with Crippen molar-refractivity contribution in [2.24, 2.45) is 5.92 Å². The van der Waals surface area contributed by atoms with Gasteiger partial charge in [0.2, 0.25) is 5.91 Å². The molecular formula is C29H35F2N3O3. The van der Waals surface area contributed by atoms with E-state index in [1.54, 1.807) is 26.4 Å². The van der Waals surface area contributed by atoms with Gasteiger partial charge in [-0.15, -0.1) is 0 Å². The SMILES string of the molecule is COc1ccc(-c2nc3cc(F)c(F)cc3n2C(C(=O)NC2CCCCC2)C2CCCCC2)c(OC)c1. The highest BCUT2D eigenvalue weighted by Gasteiger charge is 2.36. The summed E-state index contributed by atoms with van der Waals surface area (Å²) in [4.78, 5) is 18.8. The van der Waals surface area contributed by atoms with Gasteiger partial charge < -0.3 is 19.4 Å². The predicted molar refractivity (Wildman–Crippen MR) is 139 cm³/mol. The molecule has 37 heavy (non-hydrogen) atoms. The number of halogens is 2. The number of nitrogens with one attached hydrogen (secondary N) is 1. The van der Waals surface area contributed by atoms with Gasteiger partial charge in [-0.1, -0.05) is 38.5 Å². The van der Waals surface area contributed by atoms with Crippen LogP contribution in [0.4, 0.5) is 8.78 Å². The van der Waals surface area contributed by atoms with E-state index in [0.717, 1.165) is 63.9 Å². The largest absolute Gasteiger partial charge is 0.497 e. The summed E-state index contributed by atoms with van der Waals surface area (Å²) in [6.07, 6.45) is 10.3. The highest BCUT2D eigenvalue weighted by Crippen LogP contribution is 2.41. The zero-order valence-corrected chi connectivity index (χ0v) is 21.6. The smallest absolute Gasteiger partial charge is 0.243 e. The first-order chi connectivity index (χ1) is 18.0. The van der Waals surface area contributed by atoms with Gasteiger partial charge in [0.1, 0.15) is 23.4 Å². The number of fused-ring (bicyclic) bond motifs is 1. The number of ether oxygens (including phenoxy) is 2. The third kappa shape index (κ3) is 5.15. The molecule has 2 fully saturated rings. The lowest BCUT2D eigenvalue weighted by Crippen LogP contribution is -2.43. The van der Waals surface area contributed by atoms with Crippen LogP contribution in [-0.2, 0) is 4.79 Å². The molecule has 2 aromatic carbocycles. The molecule has 0 radical (unpaired) electrons. The molecule has 1 heterocycles. The average Bonchev–Trinajstić information content (AvgIpc) is 3.27. The first kappa shape index (κ1) is 25.5. The second-order valence-corrected chi connectivity index (χ2v) is 10.3. The number of nitrogens with zero attached hydrogens (tertiary/aromatic N) is 2. The number of aromatic nitrogens is 2. The van der Waals surface area contributed by atoms with E-state index in [1.165, 1.54) is 12.5 Å². The molecule has 8 heteroatoms. The van der Waals surface area contributed by atoms with Gasteiger partial charge in [-0.25, -0.2) is 13.8 Å². The van der Waals surface area contributed by atoms with Crippen LogP contribution in [0, 0.1) is 17.6 Å². The molecule has 0 bridgehead atoms. The molecule has 6 nitrogen and oxygen atoms in total. The fourth-order valence-electron chi connectivity index (χ4n) is 6.07. The molecule has 1 aromatic heterocycles. The fourth-order valence-corrected chi connectivity index (χ4v) is 6.07. The maximum atomic E-state index is 14.6. The number of carbonyl (C=O) groups is 1. The number of amides is 1. The minimum absolute atomic E-state index is 0.0610. The molecule has 5 rings (SSSR count). The summed E-state index contributed by atoms with van der Waals surface area (Å²) in [5, 5.41) is 3.31. The predicted octanol–water partition coefficient (Wildman–Crippen LogP) is 6.57. The molecule has 1 N–H and O–H groups in total. The van der Waals surface area contributed by atoms with Gasteiger partial charge in [-0.05, 0) is 43.7 Å². The van der Waals surface area contributed by atoms with Gasteiger partial charge in [-0.2, -0.15) is 0 Å². The standard InChI is InChI=1S/C29H35F2N3O3/c1-36-20-13-14-21(26(15-20)37-2)28-33-24-16-22(30)23(31)17-25(24)34(28)27(18-9-5-3-6-10-18)29(35)32-19-11-7-4-8-12-19/h13-19,27H,3-12H2,1-2H3,(H,32,35). The molecule has 1 atom stereocenters. The Balaban J connectivity index is 1.69. The zero-order valence-electron chi connectivity index (χ0n) is 21.6. The van der Waals surface area contributed by atoms with Crippen molar-refractivity contribution in [3.63, 3.8) is 0 Å². The molecule has 1 amide bonds. The van der Waals surface area contributed by atoms with Crippen LogP contribution in [-0.4, -0.2) is 35.7 Å². The summed E-state index contributed by atoms with van der Waals surface area (Å²) in [6, 6.07) is 7.17. The Kier molecular flexibility index (Phi) is 7.63. The van der Waals surface area contributed by atoms with Crippen LogP contribution in [0.2, 0.25) is 0 Å². The summed E-state index contributed by atoms with van der Waals surface area (Å²) in [5.41, 5.74) is 1.34. The highest BCUT2D eigenvalue weighted by molar-refractivity contribution is 5.88. The first-order valence-electron chi connectivity index (χ1n) is 13.4. The monoisotopic (exact) mass is 511 g/mol. The van der Waals surface area contributed by atoms with E-state index < -0.39 is 17.7 Å². The van der Waals surface area contributed by atoms with Crippen molar-refractivity contribution in [3.05, 3.63) is 42.0 Å². The second kappa shape index (κ2) is 11.1. The zero-order chi connectivity index (χ0) is 25.9. The summed E-state index contributed by atoms with van der Waals surface area (Å²) in [5.74, 6) is -0.370. The second-order valence-electron chi connectivity index (χ2n) is 10.3. The Morgan fingerprint density at radius 1 is 0.946 bits per heavy atom. The van der Waals surface area contributed by atoms with Gasteiger partial charge in [0.15, 0.2) is 11.6 Å². The van der Waals surface area contributed by atoms with Crippen molar-refractivity contribution in [3.8, 4) is 22.9 Å². The van der Waals surface area contributed by atoms with Crippen molar-refractivity contribution in [2.75, 3.05) is 14.2 Å². The molecule has 2 saturated carbocycles. The van der Waals surface area contributed by atoms with Crippen LogP contribution < -0.4 is 14.8 Å². The number of benzene rings is 2. The summed E-state index contributed by atoms with van der Waals surface area (Å²) >= 11 is 0. The lowest BCUT2D eigenvalue weighted by molar-refractivity contribution is -0.127. The van der Waals surface area contributed by atoms with E-state index in [2.05, 4.69) is 5.32 Å². The lowest BCUT2D eigenvalue weighted by Gasteiger charge is -2.34. The van der Waals surface area contributed by atoms with Gasteiger partial charge >= 0.3 is 0 Å². The Bertz CT molecular complexity index is 1260. The van der Waals surface area contributed by atoms with Crippen molar-refractivity contribution < 1.29 is 23.0 Å². The Morgan fingerprint density at radius 2 is 1.62 bits per heavy atom. The maximum Gasteiger partial charge on any atom is 0.243 e. The van der Waals surface area contributed by atoms with Crippen molar-refractivity contribution in [1.29, 1.82) is 0 Å². The summed E-state index contributed by atoms with van der Waals surface area (Å²) in [6.45, 7) is 0. The quantitative estimate of drug-likeness (QED) is 0.390. The third-order valence-electron chi connectivity index (χ3n) is 7.98. The maximum absolute atomic E-state index is 14.6. The summed E-state index contributed by atoms with van der Waals surface area (Å²) < 4.78 is 41.8. The molecule has 0 aliphatic heterocycles. The molecule has 0 spiro atoms. The minimum Gasteiger partial charge on any atom is -0.497 e. The van der Waals surface area contributed by atoms with Gasteiger partial charge in [0.25, 0.3) is 0 Å². The van der Waals surface area contributed by atoms with E-state index in [0.29, 0.717) is 33.9 Å². The minimum atomic E-state index is -0.966. The van der Waals surface area contributed by atoms with E-state index >= 15 is 0 Å². The Labute approximate surface area is 216 Å². The summed E-state index contributed by atoms with van der Waals surface area (Å²) in [7, 11) is 3.13. The van der Waals surface area contributed by atoms with Crippen LogP contribution in [0.1, 0.15) is 70.3 Å². The van der Waals surface area contributed by atoms with E-state index in [1.807, 2.05) is 10.6 Å². The van der Waals surface area contributed by atoms with Gasteiger partial charge in [0, 0.05) is 24.2 Å². The van der Waals surface area contributed by atoms with E-state index in [4.69, 9.17) is 14.5 Å². The van der Waals surface area contributed by atoms with Crippen LogP contribution in [0.15, 0.2) is 30.3 Å². The molecule has 3 aromatic rings. The average molecular weight is 512 g/mol. The van der Waals surface area contributed by atoms with Crippen LogP contribution in [0.5, 0.6) is 11.5 Å². The number of methoxy groups -OCH3 is 2. The molecule has 2 aliphatic carbocycles. The van der Waals surface area contributed by atoms with E-state index in [9.17, 15) is 13.6 Å². The topological polar surface area (TPSA) is 65.4 Å². The van der Waals surface area contributed by atoms with Crippen molar-refractivity contribution in [2.45, 2.75) is 76.3 Å². The molecule has 1 unspecified atom stereocenters.